The van der Waals surface area contributed by atoms with E-state index in [4.69, 9.17) is 67.5 Å². The first-order valence-electron chi connectivity index (χ1n) is 7.76. The molecule has 3 nitrogen and oxygen atoms in total. The minimum Gasteiger partial charge on any atom is -0.611 e. The van der Waals surface area contributed by atoms with Gasteiger partial charge in [0, 0.05) is 23.6 Å². The molecule has 0 spiro atoms. The highest BCUT2D eigenvalue weighted by Gasteiger charge is 2.13. The van der Waals surface area contributed by atoms with Gasteiger partial charge in [-0.1, -0.05) is 58.0 Å². The second-order valence-corrected chi connectivity index (χ2v) is 9.06. The van der Waals surface area contributed by atoms with Crippen LogP contribution in [0, 0.1) is 0 Å². The summed E-state index contributed by atoms with van der Waals surface area (Å²) in [6.07, 6.45) is 2.06. The summed E-state index contributed by atoms with van der Waals surface area (Å²) in [4.78, 5) is 0.725. The SMILES string of the molecule is [O-][S+](CCCOc1c(Cl)cc(OCC=C(Cl)Cl)cc1Cl)c1ccc(Cl)cc1. The minimum atomic E-state index is -1.12. The molecule has 0 heterocycles. The van der Waals surface area contributed by atoms with Crippen molar-refractivity contribution in [3.63, 3.8) is 0 Å². The van der Waals surface area contributed by atoms with E-state index in [0.29, 0.717) is 45.3 Å². The van der Waals surface area contributed by atoms with Gasteiger partial charge in [0.25, 0.3) is 0 Å². The van der Waals surface area contributed by atoms with Crippen molar-refractivity contribution in [1.29, 1.82) is 0 Å². The van der Waals surface area contributed by atoms with E-state index in [-0.39, 0.29) is 11.1 Å². The number of ether oxygens (including phenoxy) is 2. The highest BCUT2D eigenvalue weighted by molar-refractivity contribution is 7.91. The van der Waals surface area contributed by atoms with Crippen LogP contribution in [0.1, 0.15) is 6.42 Å². The lowest BCUT2D eigenvalue weighted by atomic mass is 10.3. The van der Waals surface area contributed by atoms with Gasteiger partial charge in [-0.05, 0) is 41.5 Å². The summed E-state index contributed by atoms with van der Waals surface area (Å²) < 4.78 is 23.4. The normalized spacial score (nSPS) is 11.8. The molecule has 0 N–H and O–H groups in total. The van der Waals surface area contributed by atoms with Gasteiger partial charge in [-0.3, -0.25) is 0 Å². The van der Waals surface area contributed by atoms with Crippen LogP contribution in [0.25, 0.3) is 0 Å². The Hall–Kier alpha value is -0.460. The number of halogens is 5. The van der Waals surface area contributed by atoms with Gasteiger partial charge in [0.05, 0.1) is 16.7 Å². The fourth-order valence-electron chi connectivity index (χ4n) is 2.03. The molecule has 1 unspecified atom stereocenters. The van der Waals surface area contributed by atoms with Crippen LogP contribution in [0.3, 0.4) is 0 Å². The molecule has 27 heavy (non-hydrogen) atoms. The molecule has 0 aromatic heterocycles. The summed E-state index contributed by atoms with van der Waals surface area (Å²) in [5.41, 5.74) is 0. The molecule has 0 radical (unpaired) electrons. The van der Waals surface area contributed by atoms with Crippen molar-refractivity contribution in [1.82, 2.24) is 0 Å². The van der Waals surface area contributed by atoms with Gasteiger partial charge in [0.1, 0.15) is 22.6 Å². The van der Waals surface area contributed by atoms with Crippen LogP contribution in [0.15, 0.2) is 51.9 Å². The molecule has 2 aromatic rings. The monoisotopic (exact) mass is 486 g/mol. The number of rotatable bonds is 9. The maximum atomic E-state index is 12.2. The Bertz CT molecular complexity index is 756. The van der Waals surface area contributed by atoms with E-state index >= 15 is 0 Å². The Balaban J connectivity index is 1.84. The Morgan fingerprint density at radius 3 is 2.22 bits per heavy atom. The van der Waals surface area contributed by atoms with Crippen LogP contribution < -0.4 is 9.47 Å². The molecule has 0 aliphatic heterocycles. The molecule has 0 fully saturated rings. The molecule has 1 atom stereocenters. The van der Waals surface area contributed by atoms with Crippen molar-refractivity contribution >= 4 is 69.2 Å². The first-order valence-corrected chi connectivity index (χ1v) is 11.0. The lowest BCUT2D eigenvalue weighted by Crippen LogP contribution is -2.10. The standard InChI is InChI=1S/C18H15Cl5O3S/c19-12-2-4-14(5-3-12)27(24)9-1-7-26-18-15(20)10-13(11-16(18)21)25-8-6-17(22)23/h2-6,10-11H,1,7-9H2. The third kappa shape index (κ3) is 7.82. The quantitative estimate of drug-likeness (QED) is 0.284. The average molecular weight is 489 g/mol. The number of hydrogen-bond donors (Lipinski definition) is 0. The van der Waals surface area contributed by atoms with Crippen LogP contribution in [0.2, 0.25) is 15.1 Å². The molecule has 0 saturated carbocycles. The fraction of sp³-hybridized carbons (Fsp3) is 0.222. The van der Waals surface area contributed by atoms with Gasteiger partial charge in [0.2, 0.25) is 0 Å². The summed E-state index contributed by atoms with van der Waals surface area (Å²) in [5, 5.41) is 1.24. The summed E-state index contributed by atoms with van der Waals surface area (Å²) in [7, 11) is 0. The summed E-state index contributed by atoms with van der Waals surface area (Å²) >= 11 is 28.1. The van der Waals surface area contributed by atoms with E-state index in [2.05, 4.69) is 0 Å². The van der Waals surface area contributed by atoms with Gasteiger partial charge >= 0.3 is 0 Å². The molecule has 0 aliphatic carbocycles. The third-order valence-corrected chi connectivity index (χ3v) is 5.84. The predicted octanol–water partition coefficient (Wildman–Crippen LogP) is 6.92. The largest absolute Gasteiger partial charge is 0.611 e. The Kier molecular flexibility index (Phi) is 9.74. The van der Waals surface area contributed by atoms with Gasteiger partial charge in [0.15, 0.2) is 10.6 Å². The molecule has 0 bridgehead atoms. The summed E-state index contributed by atoms with van der Waals surface area (Å²) in [6, 6.07) is 10.1. The second kappa shape index (κ2) is 11.5. The Morgan fingerprint density at radius 1 is 1.00 bits per heavy atom. The van der Waals surface area contributed by atoms with Gasteiger partial charge < -0.3 is 14.0 Å². The van der Waals surface area contributed by atoms with Crippen molar-refractivity contribution in [3.05, 3.63) is 62.0 Å². The maximum Gasteiger partial charge on any atom is 0.156 e. The van der Waals surface area contributed by atoms with E-state index < -0.39 is 11.2 Å². The maximum absolute atomic E-state index is 12.2. The lowest BCUT2D eigenvalue weighted by molar-refractivity contribution is 0.316. The summed E-state index contributed by atoms with van der Waals surface area (Å²) in [5.74, 6) is 1.27. The van der Waals surface area contributed by atoms with E-state index in [1.807, 2.05) is 0 Å². The van der Waals surface area contributed by atoms with Crippen LogP contribution >= 0.6 is 58.0 Å². The van der Waals surface area contributed by atoms with Crippen molar-refractivity contribution in [3.8, 4) is 11.5 Å². The topological polar surface area (TPSA) is 41.5 Å². The molecule has 2 rings (SSSR count). The van der Waals surface area contributed by atoms with Crippen LogP contribution in [-0.4, -0.2) is 23.5 Å². The second-order valence-electron chi connectivity index (χ2n) is 5.23. The van der Waals surface area contributed by atoms with Crippen molar-refractivity contribution in [2.75, 3.05) is 19.0 Å². The van der Waals surface area contributed by atoms with Gasteiger partial charge in [-0.25, -0.2) is 0 Å². The zero-order chi connectivity index (χ0) is 19.8. The summed E-state index contributed by atoms with van der Waals surface area (Å²) in [6.45, 7) is 0.509. The predicted molar refractivity (Wildman–Crippen MR) is 115 cm³/mol. The molecule has 2 aromatic carbocycles. The fourth-order valence-corrected chi connectivity index (χ4v) is 3.91. The van der Waals surface area contributed by atoms with Gasteiger partial charge in [-0.15, -0.1) is 0 Å². The highest BCUT2D eigenvalue weighted by atomic mass is 35.5. The average Bonchev–Trinajstić information content (AvgIpc) is 2.60. The van der Waals surface area contributed by atoms with Crippen LogP contribution in [0.4, 0.5) is 0 Å². The highest BCUT2D eigenvalue weighted by Crippen LogP contribution is 2.37. The Labute approximate surface area is 186 Å². The smallest absolute Gasteiger partial charge is 0.156 e. The molecule has 146 valence electrons. The molecular formula is C18H15Cl5O3S. The minimum absolute atomic E-state index is 0.114. The molecular weight excluding hydrogens is 474 g/mol. The van der Waals surface area contributed by atoms with Gasteiger partial charge in [-0.2, -0.15) is 0 Å². The van der Waals surface area contributed by atoms with E-state index in [1.54, 1.807) is 36.4 Å². The zero-order valence-corrected chi connectivity index (χ0v) is 18.5. The zero-order valence-electron chi connectivity index (χ0n) is 13.9. The number of hydrogen-bond acceptors (Lipinski definition) is 3. The number of benzene rings is 2. The van der Waals surface area contributed by atoms with Crippen molar-refractivity contribution < 1.29 is 14.0 Å². The van der Waals surface area contributed by atoms with E-state index in [1.165, 1.54) is 6.08 Å². The van der Waals surface area contributed by atoms with Crippen molar-refractivity contribution in [2.45, 2.75) is 11.3 Å². The molecule has 0 saturated heterocycles. The van der Waals surface area contributed by atoms with E-state index in [9.17, 15) is 4.55 Å². The molecule has 0 aliphatic rings. The van der Waals surface area contributed by atoms with Crippen LogP contribution in [-0.2, 0) is 11.2 Å². The van der Waals surface area contributed by atoms with Crippen molar-refractivity contribution in [2.24, 2.45) is 0 Å². The first kappa shape index (κ1) is 22.8. The molecule has 9 heteroatoms. The third-order valence-electron chi connectivity index (χ3n) is 3.26. The van der Waals surface area contributed by atoms with Crippen LogP contribution in [0.5, 0.6) is 11.5 Å². The Morgan fingerprint density at radius 2 is 1.63 bits per heavy atom. The lowest BCUT2D eigenvalue weighted by Gasteiger charge is -2.13. The van der Waals surface area contributed by atoms with E-state index in [0.717, 1.165) is 4.90 Å². The first-order chi connectivity index (χ1) is 12.9. The molecule has 0 amide bonds.